The Morgan fingerprint density at radius 3 is 2.56 bits per heavy atom. The molecule has 1 aromatic heterocycles. The lowest BCUT2D eigenvalue weighted by Gasteiger charge is -2.10. The average Bonchev–Trinajstić information content (AvgIpc) is 2.65. The maximum atomic E-state index is 12.6. The van der Waals surface area contributed by atoms with Crippen LogP contribution in [0.25, 0.3) is 5.69 Å². The van der Waals surface area contributed by atoms with E-state index in [2.05, 4.69) is 22.4 Å². The number of hydrogen-bond donors (Lipinski definition) is 1. The average molecular weight is 335 g/mol. The molecule has 0 fully saturated rings. The summed E-state index contributed by atoms with van der Waals surface area (Å²) in [5.41, 5.74) is 1.83. The molecule has 1 heterocycles. The molecule has 0 aliphatic carbocycles. The van der Waals surface area contributed by atoms with Gasteiger partial charge in [-0.05, 0) is 43.2 Å². The van der Waals surface area contributed by atoms with Crippen LogP contribution in [-0.2, 0) is 6.42 Å². The third kappa shape index (κ3) is 4.26. The number of ether oxygens (including phenoxy) is 1. The minimum Gasteiger partial charge on any atom is -0.494 e. The maximum Gasteiger partial charge on any atom is 0.297 e. The molecule has 5 nitrogen and oxygen atoms in total. The van der Waals surface area contributed by atoms with Gasteiger partial charge in [-0.1, -0.05) is 30.3 Å². The lowest BCUT2D eigenvalue weighted by Crippen LogP contribution is -2.24. The molecular weight excluding hydrogens is 314 g/mol. The molecule has 128 valence electrons. The lowest BCUT2D eigenvalue weighted by atomic mass is 10.1. The van der Waals surface area contributed by atoms with E-state index in [-0.39, 0.29) is 5.56 Å². The van der Waals surface area contributed by atoms with Crippen molar-refractivity contribution in [3.8, 4) is 11.4 Å². The lowest BCUT2D eigenvalue weighted by molar-refractivity contribution is 0.340. The molecule has 5 heteroatoms. The number of hydrogen-bond acceptors (Lipinski definition) is 4. The van der Waals surface area contributed by atoms with E-state index in [0.717, 1.165) is 17.9 Å². The van der Waals surface area contributed by atoms with Gasteiger partial charge in [-0.3, -0.25) is 9.36 Å². The number of rotatable bonds is 7. The zero-order valence-corrected chi connectivity index (χ0v) is 14.2. The fourth-order valence-electron chi connectivity index (χ4n) is 2.58. The largest absolute Gasteiger partial charge is 0.494 e. The predicted octanol–water partition coefficient (Wildman–Crippen LogP) is 3.29. The third-order valence-corrected chi connectivity index (χ3v) is 3.82. The SMILES string of the molecule is CCOc1ccc(-n2ccnc(NCCc3ccccc3)c2=O)cc1. The van der Waals surface area contributed by atoms with Crippen molar-refractivity contribution in [1.29, 1.82) is 0 Å². The second kappa shape index (κ2) is 8.15. The highest BCUT2D eigenvalue weighted by atomic mass is 16.5. The number of nitrogens with zero attached hydrogens (tertiary/aromatic N) is 2. The van der Waals surface area contributed by atoms with E-state index < -0.39 is 0 Å². The summed E-state index contributed by atoms with van der Waals surface area (Å²) < 4.78 is 7.01. The minimum atomic E-state index is -0.167. The zero-order valence-electron chi connectivity index (χ0n) is 14.2. The van der Waals surface area contributed by atoms with Crippen molar-refractivity contribution in [2.24, 2.45) is 0 Å². The smallest absolute Gasteiger partial charge is 0.297 e. The van der Waals surface area contributed by atoms with E-state index in [1.54, 1.807) is 17.0 Å². The Bertz CT molecular complexity index is 858. The summed E-state index contributed by atoms with van der Waals surface area (Å²) in [7, 11) is 0. The van der Waals surface area contributed by atoms with E-state index in [1.807, 2.05) is 49.4 Å². The Balaban J connectivity index is 1.72. The van der Waals surface area contributed by atoms with Gasteiger partial charge in [0.1, 0.15) is 5.75 Å². The molecule has 0 unspecified atom stereocenters. The molecule has 0 aliphatic heterocycles. The van der Waals surface area contributed by atoms with Gasteiger partial charge in [-0.25, -0.2) is 4.98 Å². The van der Waals surface area contributed by atoms with Crippen LogP contribution in [-0.4, -0.2) is 22.7 Å². The molecule has 2 aromatic carbocycles. The number of aromatic nitrogens is 2. The Morgan fingerprint density at radius 1 is 1.08 bits per heavy atom. The fraction of sp³-hybridized carbons (Fsp3) is 0.200. The molecular formula is C20H21N3O2. The Labute approximate surface area is 146 Å². The van der Waals surface area contributed by atoms with Gasteiger partial charge in [0.15, 0.2) is 5.82 Å². The minimum absolute atomic E-state index is 0.167. The van der Waals surface area contributed by atoms with E-state index in [0.29, 0.717) is 19.0 Å². The van der Waals surface area contributed by atoms with Crippen LogP contribution in [0.2, 0.25) is 0 Å². The highest BCUT2D eigenvalue weighted by molar-refractivity contribution is 5.41. The molecule has 0 bridgehead atoms. The van der Waals surface area contributed by atoms with Crippen molar-refractivity contribution in [1.82, 2.24) is 9.55 Å². The Kier molecular flexibility index (Phi) is 5.46. The summed E-state index contributed by atoms with van der Waals surface area (Å²) in [6.07, 6.45) is 4.13. The second-order valence-corrected chi connectivity index (χ2v) is 5.54. The Morgan fingerprint density at radius 2 is 1.84 bits per heavy atom. The van der Waals surface area contributed by atoms with Gasteiger partial charge < -0.3 is 10.1 Å². The van der Waals surface area contributed by atoms with Crippen molar-refractivity contribution in [3.05, 3.63) is 82.9 Å². The molecule has 1 N–H and O–H groups in total. The first kappa shape index (κ1) is 16.8. The van der Waals surface area contributed by atoms with Gasteiger partial charge in [0.2, 0.25) is 0 Å². The molecule has 0 atom stereocenters. The predicted molar refractivity (Wildman–Crippen MR) is 99.6 cm³/mol. The molecule has 0 saturated heterocycles. The van der Waals surface area contributed by atoms with Gasteiger partial charge in [0, 0.05) is 24.6 Å². The molecule has 3 rings (SSSR count). The molecule has 0 radical (unpaired) electrons. The first-order chi connectivity index (χ1) is 12.3. The van der Waals surface area contributed by atoms with Crippen LogP contribution >= 0.6 is 0 Å². The van der Waals surface area contributed by atoms with Crippen molar-refractivity contribution in [3.63, 3.8) is 0 Å². The van der Waals surface area contributed by atoms with Gasteiger partial charge in [-0.15, -0.1) is 0 Å². The quantitative estimate of drug-likeness (QED) is 0.720. The standard InChI is InChI=1S/C20H21N3O2/c1-2-25-18-10-8-17(9-11-18)23-15-14-22-19(20(23)24)21-13-12-16-6-4-3-5-7-16/h3-11,14-15H,2,12-13H2,1H3,(H,21,22). The van der Waals surface area contributed by atoms with Crippen molar-refractivity contribution in [2.45, 2.75) is 13.3 Å². The highest BCUT2D eigenvalue weighted by Crippen LogP contribution is 2.14. The number of nitrogens with one attached hydrogen (secondary N) is 1. The molecule has 0 saturated carbocycles. The maximum absolute atomic E-state index is 12.6. The molecule has 0 spiro atoms. The summed E-state index contributed by atoms with van der Waals surface area (Å²) in [4.78, 5) is 16.8. The second-order valence-electron chi connectivity index (χ2n) is 5.54. The van der Waals surface area contributed by atoms with E-state index in [1.165, 1.54) is 5.56 Å². The van der Waals surface area contributed by atoms with Gasteiger partial charge in [0.25, 0.3) is 5.56 Å². The number of benzene rings is 2. The van der Waals surface area contributed by atoms with Crippen LogP contribution in [0.1, 0.15) is 12.5 Å². The summed E-state index contributed by atoms with van der Waals surface area (Å²) in [6, 6.07) is 17.6. The van der Waals surface area contributed by atoms with Crippen molar-refractivity contribution in [2.75, 3.05) is 18.5 Å². The third-order valence-electron chi connectivity index (χ3n) is 3.82. The zero-order chi connectivity index (χ0) is 17.5. The summed E-state index contributed by atoms with van der Waals surface area (Å²) in [5, 5.41) is 3.13. The number of anilines is 1. The first-order valence-electron chi connectivity index (χ1n) is 8.36. The highest BCUT2D eigenvalue weighted by Gasteiger charge is 2.06. The van der Waals surface area contributed by atoms with Gasteiger partial charge >= 0.3 is 0 Å². The Hall–Kier alpha value is -3.08. The summed E-state index contributed by atoms with van der Waals surface area (Å²) in [5.74, 6) is 1.14. The van der Waals surface area contributed by atoms with Crippen LogP contribution in [0.3, 0.4) is 0 Å². The summed E-state index contributed by atoms with van der Waals surface area (Å²) >= 11 is 0. The monoisotopic (exact) mass is 335 g/mol. The van der Waals surface area contributed by atoms with Crippen molar-refractivity contribution >= 4 is 5.82 Å². The van der Waals surface area contributed by atoms with Crippen LogP contribution in [0.15, 0.2) is 71.8 Å². The van der Waals surface area contributed by atoms with Crippen LogP contribution in [0.4, 0.5) is 5.82 Å². The van der Waals surface area contributed by atoms with E-state index in [4.69, 9.17) is 4.74 Å². The molecule has 0 amide bonds. The first-order valence-corrected chi connectivity index (χ1v) is 8.36. The van der Waals surface area contributed by atoms with Crippen LogP contribution in [0.5, 0.6) is 5.75 Å². The molecule has 3 aromatic rings. The normalized spacial score (nSPS) is 10.4. The fourth-order valence-corrected chi connectivity index (χ4v) is 2.58. The topological polar surface area (TPSA) is 56.1 Å². The van der Waals surface area contributed by atoms with Gasteiger partial charge in [0.05, 0.1) is 6.61 Å². The molecule has 25 heavy (non-hydrogen) atoms. The summed E-state index contributed by atoms with van der Waals surface area (Å²) in [6.45, 7) is 3.21. The van der Waals surface area contributed by atoms with Crippen molar-refractivity contribution < 1.29 is 4.74 Å². The van der Waals surface area contributed by atoms with Crippen LogP contribution < -0.4 is 15.6 Å². The van der Waals surface area contributed by atoms with E-state index in [9.17, 15) is 4.79 Å². The molecule has 0 aliphatic rings. The van der Waals surface area contributed by atoms with Gasteiger partial charge in [-0.2, -0.15) is 0 Å². The van der Waals surface area contributed by atoms with E-state index >= 15 is 0 Å². The van der Waals surface area contributed by atoms with Crippen LogP contribution in [0, 0.1) is 0 Å².